The van der Waals surface area contributed by atoms with Gasteiger partial charge in [0.2, 0.25) is 0 Å². The third kappa shape index (κ3) is 32.7. The molecular weight excluding hydrogens is 801 g/mol. The average Bonchev–Trinajstić information content (AvgIpc) is 3.22. The van der Waals surface area contributed by atoms with Gasteiger partial charge in [0, 0.05) is 12.8 Å². The molecule has 0 aromatic rings. The summed E-state index contributed by atoms with van der Waals surface area (Å²) in [7, 11) is -4.61. The fourth-order valence-electron chi connectivity index (χ4n) is 6.72. The Balaban J connectivity index is 2.42. The van der Waals surface area contributed by atoms with Gasteiger partial charge in [-0.15, -0.1) is 0 Å². The van der Waals surface area contributed by atoms with Gasteiger partial charge >= 0.3 is 11.9 Å². The van der Waals surface area contributed by atoms with Gasteiger partial charge in [-0.05, 0) is 77.0 Å². The van der Waals surface area contributed by atoms with Gasteiger partial charge in [0.15, 0.2) is 12.4 Å². The Morgan fingerprint density at radius 2 is 1.03 bits per heavy atom. The van der Waals surface area contributed by atoms with Crippen molar-refractivity contribution in [3.8, 4) is 0 Å². The Morgan fingerprint density at radius 1 is 0.574 bits per heavy atom. The van der Waals surface area contributed by atoms with Gasteiger partial charge in [-0.25, -0.2) is 0 Å². The second-order valence-electron chi connectivity index (χ2n) is 16.0. The number of hydrogen-bond donors (Lipinski definition) is 4. The molecule has 12 nitrogen and oxygen atoms in total. The molecule has 6 unspecified atom stereocenters. The Morgan fingerprint density at radius 3 is 1.56 bits per heavy atom. The standard InChI is InChI=1S/C48H82O12S/c1-3-5-7-9-11-13-15-17-18-19-20-21-22-23-24-25-27-29-31-33-35-37-44(50)59-41(39-58-48-47(53)46(52)45(51)42(60-48)40-61(54,55)56)38-57-43(49)36-34-32-30-28-26-16-14-12-10-8-6-4-2/h5,7,11-14,17-18,20-21,41-42,45-48,51-53H,3-4,6,8-10,15-16,19,22-40H2,1-2H3,(H,54,55,56)/b7-5-,13-11-,14-12-,18-17-,21-20-. The molecule has 1 saturated heterocycles. The van der Waals surface area contributed by atoms with Crippen molar-refractivity contribution in [3.63, 3.8) is 0 Å². The number of carbonyl (C=O) groups is 2. The number of esters is 2. The monoisotopic (exact) mass is 883 g/mol. The number of allylic oxidation sites excluding steroid dienone is 10. The second kappa shape index (κ2) is 37.9. The number of rotatable bonds is 38. The highest BCUT2D eigenvalue weighted by molar-refractivity contribution is 7.85. The van der Waals surface area contributed by atoms with E-state index in [0.717, 1.165) is 96.3 Å². The van der Waals surface area contributed by atoms with Crippen LogP contribution in [-0.4, -0.2) is 96.0 Å². The Bertz CT molecular complexity index is 1360. The van der Waals surface area contributed by atoms with Crippen LogP contribution in [0.4, 0.5) is 0 Å². The van der Waals surface area contributed by atoms with Crippen molar-refractivity contribution in [2.75, 3.05) is 19.0 Å². The van der Waals surface area contributed by atoms with Crippen molar-refractivity contribution in [2.24, 2.45) is 0 Å². The minimum Gasteiger partial charge on any atom is -0.462 e. The molecule has 0 aromatic carbocycles. The second-order valence-corrected chi connectivity index (χ2v) is 17.5. The van der Waals surface area contributed by atoms with E-state index in [1.165, 1.54) is 38.5 Å². The molecule has 0 amide bonds. The third-order valence-corrected chi connectivity index (χ3v) is 11.1. The molecule has 1 fully saturated rings. The van der Waals surface area contributed by atoms with E-state index in [1.54, 1.807) is 0 Å². The summed E-state index contributed by atoms with van der Waals surface area (Å²) >= 11 is 0. The molecule has 0 radical (unpaired) electrons. The maximum atomic E-state index is 12.8. The molecule has 1 aliphatic rings. The molecule has 0 bridgehead atoms. The van der Waals surface area contributed by atoms with Crippen LogP contribution in [0.1, 0.15) is 174 Å². The first-order chi connectivity index (χ1) is 29.5. The first-order valence-corrected chi connectivity index (χ1v) is 25.0. The zero-order valence-electron chi connectivity index (χ0n) is 37.5. The summed E-state index contributed by atoms with van der Waals surface area (Å²) in [5.74, 6) is -2.01. The molecule has 1 aliphatic heterocycles. The van der Waals surface area contributed by atoms with Crippen LogP contribution >= 0.6 is 0 Å². The molecule has 6 atom stereocenters. The van der Waals surface area contributed by atoms with E-state index < -0.39 is 71.2 Å². The molecule has 352 valence electrons. The Kier molecular flexibility index (Phi) is 35.0. The zero-order valence-corrected chi connectivity index (χ0v) is 38.3. The molecule has 0 spiro atoms. The highest BCUT2D eigenvalue weighted by Gasteiger charge is 2.46. The predicted molar refractivity (Wildman–Crippen MR) is 242 cm³/mol. The lowest BCUT2D eigenvalue weighted by Gasteiger charge is -2.40. The lowest BCUT2D eigenvalue weighted by Crippen LogP contribution is -2.60. The van der Waals surface area contributed by atoms with Crippen molar-refractivity contribution in [1.82, 2.24) is 0 Å². The average molecular weight is 883 g/mol. The van der Waals surface area contributed by atoms with Crippen molar-refractivity contribution in [1.29, 1.82) is 0 Å². The maximum absolute atomic E-state index is 12.8. The highest BCUT2D eigenvalue weighted by atomic mass is 32.2. The Hall–Kier alpha value is -2.65. The molecule has 61 heavy (non-hydrogen) atoms. The van der Waals surface area contributed by atoms with Crippen molar-refractivity contribution in [3.05, 3.63) is 60.8 Å². The quantitative estimate of drug-likeness (QED) is 0.0199. The summed E-state index contributed by atoms with van der Waals surface area (Å²) in [4.78, 5) is 25.4. The van der Waals surface area contributed by atoms with Crippen LogP contribution in [-0.2, 0) is 38.7 Å². The highest BCUT2D eigenvalue weighted by Crippen LogP contribution is 2.24. The number of aliphatic hydroxyl groups excluding tert-OH is 3. The van der Waals surface area contributed by atoms with Crippen LogP contribution in [0.2, 0.25) is 0 Å². The maximum Gasteiger partial charge on any atom is 0.306 e. The van der Waals surface area contributed by atoms with E-state index in [2.05, 4.69) is 74.6 Å². The summed E-state index contributed by atoms with van der Waals surface area (Å²) in [5, 5.41) is 30.9. The number of aliphatic hydroxyl groups is 3. The first-order valence-electron chi connectivity index (χ1n) is 23.3. The normalized spacial score (nSPS) is 20.5. The van der Waals surface area contributed by atoms with Gasteiger partial charge in [-0.2, -0.15) is 8.42 Å². The summed E-state index contributed by atoms with van der Waals surface area (Å²) in [6, 6.07) is 0. The van der Waals surface area contributed by atoms with E-state index >= 15 is 0 Å². The largest absolute Gasteiger partial charge is 0.462 e. The summed E-state index contributed by atoms with van der Waals surface area (Å²) in [5.41, 5.74) is 0. The van der Waals surface area contributed by atoms with Gasteiger partial charge in [-0.3, -0.25) is 14.1 Å². The molecule has 0 aliphatic carbocycles. The summed E-state index contributed by atoms with van der Waals surface area (Å²) < 4.78 is 54.1. The van der Waals surface area contributed by atoms with Gasteiger partial charge < -0.3 is 34.3 Å². The van der Waals surface area contributed by atoms with E-state index in [-0.39, 0.29) is 19.4 Å². The predicted octanol–water partition coefficient (Wildman–Crippen LogP) is 9.73. The first kappa shape index (κ1) is 56.4. The SMILES string of the molecule is CC/C=C\C/C=C\C/C=C\C/C=C\CCCCCCCCCCC(=O)OC(COC(=O)CCCCCCC/C=C\CCCCC)COC1OC(CS(=O)(=O)O)C(O)C(O)C1O. The molecular formula is C48H82O12S. The molecule has 0 aromatic heterocycles. The lowest BCUT2D eigenvalue weighted by molar-refractivity contribution is -0.297. The lowest BCUT2D eigenvalue weighted by atomic mass is 10.00. The number of carbonyl (C=O) groups excluding carboxylic acids is 2. The molecule has 1 heterocycles. The van der Waals surface area contributed by atoms with E-state index in [9.17, 15) is 37.9 Å². The van der Waals surface area contributed by atoms with Crippen LogP contribution < -0.4 is 0 Å². The van der Waals surface area contributed by atoms with E-state index in [4.69, 9.17) is 18.9 Å². The summed E-state index contributed by atoms with van der Waals surface area (Å²) in [6.45, 7) is 3.60. The van der Waals surface area contributed by atoms with Crippen molar-refractivity contribution < 1.29 is 56.8 Å². The third-order valence-electron chi connectivity index (χ3n) is 10.3. The van der Waals surface area contributed by atoms with E-state index in [1.807, 2.05) is 0 Å². The van der Waals surface area contributed by atoms with Crippen LogP contribution in [0.3, 0.4) is 0 Å². The number of unbranched alkanes of at least 4 members (excludes halogenated alkanes) is 16. The smallest absolute Gasteiger partial charge is 0.306 e. The van der Waals surface area contributed by atoms with Crippen LogP contribution in [0.25, 0.3) is 0 Å². The van der Waals surface area contributed by atoms with Gasteiger partial charge in [0.25, 0.3) is 10.1 Å². The molecule has 0 saturated carbocycles. The topological polar surface area (TPSA) is 186 Å². The molecule has 1 rings (SSSR count). The number of ether oxygens (including phenoxy) is 4. The number of hydrogen-bond acceptors (Lipinski definition) is 11. The van der Waals surface area contributed by atoms with Crippen LogP contribution in [0.5, 0.6) is 0 Å². The van der Waals surface area contributed by atoms with Crippen molar-refractivity contribution >= 4 is 22.1 Å². The Labute approximate surface area is 368 Å². The summed E-state index contributed by atoms with van der Waals surface area (Å²) in [6.07, 6.45) is 36.9. The van der Waals surface area contributed by atoms with Gasteiger partial charge in [-0.1, -0.05) is 145 Å². The van der Waals surface area contributed by atoms with Gasteiger partial charge in [0.05, 0.1) is 6.61 Å². The van der Waals surface area contributed by atoms with Crippen molar-refractivity contribution in [2.45, 2.75) is 211 Å². The van der Waals surface area contributed by atoms with Crippen LogP contribution in [0, 0.1) is 0 Å². The minimum atomic E-state index is -4.61. The molecule has 4 N–H and O–H groups in total. The van der Waals surface area contributed by atoms with E-state index in [0.29, 0.717) is 12.8 Å². The van der Waals surface area contributed by atoms with Crippen LogP contribution in [0.15, 0.2) is 60.8 Å². The minimum absolute atomic E-state index is 0.151. The van der Waals surface area contributed by atoms with Gasteiger partial charge in [0.1, 0.15) is 36.8 Å². The fraction of sp³-hybridized carbons (Fsp3) is 0.750. The fourth-order valence-corrected chi connectivity index (χ4v) is 7.41. The molecule has 13 heteroatoms. The zero-order chi connectivity index (χ0) is 44.8.